The van der Waals surface area contributed by atoms with Gasteiger partial charge in [-0.3, -0.25) is 0 Å². The van der Waals surface area contributed by atoms with Crippen LogP contribution in [0.15, 0.2) is 0 Å². The molecule has 0 aliphatic carbocycles. The monoisotopic (exact) mass is 254 g/mol. The van der Waals surface area contributed by atoms with E-state index in [1.807, 2.05) is 0 Å². The van der Waals surface area contributed by atoms with E-state index in [0.29, 0.717) is 21.7 Å². The minimum absolute atomic E-state index is 0.442. The van der Waals surface area contributed by atoms with Gasteiger partial charge in [-0.25, -0.2) is 0 Å². The Kier molecular flexibility index (Phi) is 5.55. The van der Waals surface area contributed by atoms with Gasteiger partial charge in [0.1, 0.15) is 0 Å². The molecular weight excluding hydrogens is 216 g/mol. The molecule has 0 fully saturated rings. The molecule has 0 N–H and O–H groups in total. The fourth-order valence-corrected chi connectivity index (χ4v) is 3.72. The zero-order valence-corrected chi connectivity index (χ0v) is 14.8. The number of rotatable bonds is 5. The molecule has 0 spiro atoms. The van der Waals surface area contributed by atoms with Crippen LogP contribution >= 0.6 is 0 Å². The maximum Gasteiger partial charge on any atom is -0.0349 e. The molecule has 0 aromatic carbocycles. The first-order valence-electron chi connectivity index (χ1n) is 7.62. The van der Waals surface area contributed by atoms with Gasteiger partial charge in [-0.1, -0.05) is 69.2 Å². The van der Waals surface area contributed by atoms with Crippen molar-refractivity contribution in [1.29, 1.82) is 0 Å². The van der Waals surface area contributed by atoms with Crippen LogP contribution in [0.2, 0.25) is 0 Å². The topological polar surface area (TPSA) is 0 Å². The van der Waals surface area contributed by atoms with Gasteiger partial charge in [0.25, 0.3) is 0 Å². The highest BCUT2D eigenvalue weighted by Crippen LogP contribution is 2.42. The second kappa shape index (κ2) is 5.55. The Labute approximate surface area is 117 Å². The molecule has 0 rings (SSSR count). The molecule has 0 bridgehead atoms. The van der Waals surface area contributed by atoms with Gasteiger partial charge in [0.05, 0.1) is 0 Å². The minimum atomic E-state index is 0.442. The predicted molar refractivity (Wildman–Crippen MR) is 84.9 cm³/mol. The SMILES string of the molecule is CC(C)(C)CC(C)(C)CCC(C)(C)CC(C)(C)C. The van der Waals surface area contributed by atoms with Crippen LogP contribution in [0.25, 0.3) is 0 Å². The lowest BCUT2D eigenvalue weighted by molar-refractivity contribution is 0.139. The molecule has 0 amide bonds. The molecule has 0 atom stereocenters. The third-order valence-corrected chi connectivity index (χ3v) is 3.50. The van der Waals surface area contributed by atoms with Gasteiger partial charge < -0.3 is 0 Å². The van der Waals surface area contributed by atoms with Crippen molar-refractivity contribution in [2.45, 2.75) is 94.9 Å². The second-order valence-corrected chi connectivity index (χ2v) is 10.3. The van der Waals surface area contributed by atoms with Gasteiger partial charge in [0.15, 0.2) is 0 Å². The Bertz CT molecular complexity index is 214. The van der Waals surface area contributed by atoms with Crippen LogP contribution in [-0.4, -0.2) is 0 Å². The van der Waals surface area contributed by atoms with Gasteiger partial charge in [-0.05, 0) is 47.3 Å². The minimum Gasteiger partial charge on any atom is -0.0602 e. The fraction of sp³-hybridized carbons (Fsp3) is 1.00. The van der Waals surface area contributed by atoms with Crippen LogP contribution in [0, 0.1) is 21.7 Å². The van der Waals surface area contributed by atoms with Gasteiger partial charge in [0, 0.05) is 0 Å². The molecule has 110 valence electrons. The summed E-state index contributed by atoms with van der Waals surface area (Å²) in [5.74, 6) is 0. The van der Waals surface area contributed by atoms with Gasteiger partial charge in [0.2, 0.25) is 0 Å². The highest BCUT2D eigenvalue weighted by atomic mass is 14.4. The molecule has 0 aromatic rings. The van der Waals surface area contributed by atoms with Crippen molar-refractivity contribution in [3.63, 3.8) is 0 Å². The maximum absolute atomic E-state index is 2.44. The summed E-state index contributed by atoms with van der Waals surface area (Å²) >= 11 is 0. The highest BCUT2D eigenvalue weighted by molar-refractivity contribution is 4.82. The first-order valence-corrected chi connectivity index (χ1v) is 7.62. The Hall–Kier alpha value is 0. The molecule has 0 heterocycles. The van der Waals surface area contributed by atoms with Crippen LogP contribution in [-0.2, 0) is 0 Å². The molecular formula is C18H38. The standard InChI is InChI=1S/C18H38/c1-15(2,3)13-17(7,8)11-12-18(9,10)14-16(4,5)6/h11-14H2,1-10H3. The fourth-order valence-electron chi connectivity index (χ4n) is 3.72. The van der Waals surface area contributed by atoms with E-state index in [0.717, 1.165) is 0 Å². The molecule has 0 aromatic heterocycles. The van der Waals surface area contributed by atoms with E-state index in [1.54, 1.807) is 0 Å². The first-order chi connectivity index (χ1) is 7.62. The molecule has 0 aliphatic heterocycles. The van der Waals surface area contributed by atoms with E-state index in [-0.39, 0.29) is 0 Å². The largest absolute Gasteiger partial charge is 0.0602 e. The van der Waals surface area contributed by atoms with Crippen LogP contribution in [0.5, 0.6) is 0 Å². The zero-order valence-electron chi connectivity index (χ0n) is 14.8. The molecule has 0 saturated heterocycles. The molecule has 0 radical (unpaired) electrons. The van der Waals surface area contributed by atoms with Crippen molar-refractivity contribution >= 4 is 0 Å². The lowest BCUT2D eigenvalue weighted by Crippen LogP contribution is -2.26. The molecule has 18 heavy (non-hydrogen) atoms. The maximum atomic E-state index is 2.44. The Morgan fingerprint density at radius 2 is 0.667 bits per heavy atom. The summed E-state index contributed by atoms with van der Waals surface area (Å²) in [6, 6.07) is 0. The number of hydrogen-bond acceptors (Lipinski definition) is 0. The molecule has 0 aliphatic rings. The summed E-state index contributed by atoms with van der Waals surface area (Å²) < 4.78 is 0. The van der Waals surface area contributed by atoms with Crippen molar-refractivity contribution in [3.05, 3.63) is 0 Å². The van der Waals surface area contributed by atoms with Crippen LogP contribution < -0.4 is 0 Å². The summed E-state index contributed by atoms with van der Waals surface area (Å²) in [4.78, 5) is 0. The van der Waals surface area contributed by atoms with Gasteiger partial charge in [-0.15, -0.1) is 0 Å². The normalized spacial score (nSPS) is 15.0. The second-order valence-electron chi connectivity index (χ2n) is 10.3. The molecule has 0 nitrogen and oxygen atoms in total. The molecule has 0 unspecified atom stereocenters. The van der Waals surface area contributed by atoms with E-state index in [9.17, 15) is 0 Å². The van der Waals surface area contributed by atoms with Crippen LogP contribution in [0.4, 0.5) is 0 Å². The van der Waals surface area contributed by atoms with E-state index in [1.165, 1.54) is 25.7 Å². The van der Waals surface area contributed by atoms with E-state index >= 15 is 0 Å². The lowest BCUT2D eigenvalue weighted by atomic mass is 9.68. The first kappa shape index (κ1) is 18.0. The lowest BCUT2D eigenvalue weighted by Gasteiger charge is -2.38. The summed E-state index contributed by atoms with van der Waals surface area (Å²) in [6.07, 6.45) is 5.30. The van der Waals surface area contributed by atoms with E-state index in [2.05, 4.69) is 69.2 Å². The summed E-state index contributed by atoms with van der Waals surface area (Å²) in [6.45, 7) is 23.9. The van der Waals surface area contributed by atoms with Crippen LogP contribution in [0.3, 0.4) is 0 Å². The van der Waals surface area contributed by atoms with E-state index in [4.69, 9.17) is 0 Å². The third kappa shape index (κ3) is 9.97. The summed E-state index contributed by atoms with van der Waals surface area (Å²) in [5.41, 5.74) is 1.82. The van der Waals surface area contributed by atoms with Crippen molar-refractivity contribution in [2.75, 3.05) is 0 Å². The Balaban J connectivity index is 4.38. The number of hydrogen-bond donors (Lipinski definition) is 0. The zero-order chi connectivity index (χ0) is 14.8. The predicted octanol–water partition coefficient (Wildman–Crippen LogP) is 6.69. The Morgan fingerprint density at radius 3 is 0.833 bits per heavy atom. The average Bonchev–Trinajstić information content (AvgIpc) is 1.91. The average molecular weight is 255 g/mol. The van der Waals surface area contributed by atoms with Crippen LogP contribution in [0.1, 0.15) is 94.9 Å². The van der Waals surface area contributed by atoms with Crippen molar-refractivity contribution < 1.29 is 0 Å². The highest BCUT2D eigenvalue weighted by Gasteiger charge is 2.30. The van der Waals surface area contributed by atoms with Crippen molar-refractivity contribution in [1.82, 2.24) is 0 Å². The Morgan fingerprint density at radius 1 is 0.444 bits per heavy atom. The van der Waals surface area contributed by atoms with Crippen molar-refractivity contribution in [2.24, 2.45) is 21.7 Å². The third-order valence-electron chi connectivity index (χ3n) is 3.50. The van der Waals surface area contributed by atoms with Crippen molar-refractivity contribution in [3.8, 4) is 0 Å². The quantitative estimate of drug-likeness (QED) is 0.512. The van der Waals surface area contributed by atoms with Gasteiger partial charge >= 0.3 is 0 Å². The summed E-state index contributed by atoms with van der Waals surface area (Å²) in [7, 11) is 0. The van der Waals surface area contributed by atoms with Gasteiger partial charge in [-0.2, -0.15) is 0 Å². The van der Waals surface area contributed by atoms with E-state index < -0.39 is 0 Å². The summed E-state index contributed by atoms with van der Waals surface area (Å²) in [5, 5.41) is 0. The molecule has 0 saturated carbocycles. The molecule has 0 heteroatoms. The smallest absolute Gasteiger partial charge is 0.0349 e.